The van der Waals surface area contributed by atoms with Crippen molar-refractivity contribution in [3.8, 4) is 5.75 Å². The Kier molecular flexibility index (Phi) is 5.95. The van der Waals surface area contributed by atoms with Crippen molar-refractivity contribution < 1.29 is 4.74 Å². The Hall–Kier alpha value is -1.29. The van der Waals surface area contributed by atoms with Crippen molar-refractivity contribution in [1.29, 1.82) is 0 Å². The molecule has 0 aliphatic heterocycles. The zero-order valence-corrected chi connectivity index (χ0v) is 12.6. The van der Waals surface area contributed by atoms with Crippen LogP contribution in [0.3, 0.4) is 0 Å². The molecule has 0 saturated carbocycles. The number of ether oxygens (including phenoxy) is 1. The quantitative estimate of drug-likeness (QED) is 0.678. The smallest absolute Gasteiger partial charge is 0.119 e. The number of rotatable bonds is 8. The van der Waals surface area contributed by atoms with Crippen molar-refractivity contribution in [3.05, 3.63) is 47.5 Å². The van der Waals surface area contributed by atoms with Gasteiger partial charge < -0.3 is 9.30 Å². The van der Waals surface area contributed by atoms with Crippen molar-refractivity contribution >= 4 is 15.9 Å². The largest absolute Gasteiger partial charge is 0.494 e. The van der Waals surface area contributed by atoms with Gasteiger partial charge in [0.15, 0.2) is 0 Å². The number of aromatic nitrogens is 2. The number of unbranched alkanes of at least 4 members (excludes halogenated alkanes) is 3. The minimum Gasteiger partial charge on any atom is -0.494 e. The molecule has 1 aromatic heterocycles. The first-order chi connectivity index (χ1) is 9.34. The summed E-state index contributed by atoms with van der Waals surface area (Å²) in [5, 5.41) is 0. The van der Waals surface area contributed by atoms with Gasteiger partial charge in [-0.15, -0.1) is 0 Å². The van der Waals surface area contributed by atoms with E-state index in [9.17, 15) is 0 Å². The van der Waals surface area contributed by atoms with Crippen LogP contribution in [0.25, 0.3) is 0 Å². The van der Waals surface area contributed by atoms with E-state index in [-0.39, 0.29) is 0 Å². The molecule has 0 aliphatic rings. The Morgan fingerprint density at radius 3 is 2.58 bits per heavy atom. The van der Waals surface area contributed by atoms with Gasteiger partial charge in [0.1, 0.15) is 5.75 Å². The summed E-state index contributed by atoms with van der Waals surface area (Å²) in [6.45, 7) is 1.86. The number of halogens is 1. The van der Waals surface area contributed by atoms with E-state index < -0.39 is 0 Å². The zero-order chi connectivity index (χ0) is 13.3. The first-order valence-electron chi connectivity index (χ1n) is 6.69. The van der Waals surface area contributed by atoms with Gasteiger partial charge in [0.2, 0.25) is 0 Å². The molecule has 0 amide bonds. The molecule has 0 fully saturated rings. The van der Waals surface area contributed by atoms with E-state index in [1.807, 2.05) is 43.0 Å². The molecule has 0 unspecified atom stereocenters. The van der Waals surface area contributed by atoms with Gasteiger partial charge in [-0.25, -0.2) is 4.98 Å². The van der Waals surface area contributed by atoms with Gasteiger partial charge in [-0.3, -0.25) is 0 Å². The second kappa shape index (κ2) is 8.00. The van der Waals surface area contributed by atoms with E-state index in [4.69, 9.17) is 4.74 Å². The third-order valence-corrected chi connectivity index (χ3v) is 3.48. The molecule has 0 radical (unpaired) electrons. The second-order valence-corrected chi connectivity index (χ2v) is 5.43. The summed E-state index contributed by atoms with van der Waals surface area (Å²) in [6, 6.07) is 7.98. The molecule has 0 N–H and O–H groups in total. The number of benzene rings is 1. The molecule has 2 aromatic rings. The predicted octanol–water partition coefficient (Wildman–Crippen LogP) is 4.29. The van der Waals surface area contributed by atoms with E-state index in [2.05, 4.69) is 25.5 Å². The highest BCUT2D eigenvalue weighted by Crippen LogP contribution is 2.16. The summed E-state index contributed by atoms with van der Waals surface area (Å²) in [6.07, 6.45) is 10.5. The molecule has 3 nitrogen and oxygen atoms in total. The lowest BCUT2D eigenvalue weighted by atomic mass is 10.2. The van der Waals surface area contributed by atoms with Crippen LogP contribution in [0.2, 0.25) is 0 Å². The van der Waals surface area contributed by atoms with Crippen LogP contribution >= 0.6 is 15.9 Å². The van der Waals surface area contributed by atoms with E-state index >= 15 is 0 Å². The average Bonchev–Trinajstić information content (AvgIpc) is 2.93. The predicted molar refractivity (Wildman–Crippen MR) is 80.3 cm³/mol. The SMILES string of the molecule is Brc1ccc(OCCCCCCn2ccnc2)cc1. The average molecular weight is 323 g/mol. The van der Waals surface area contributed by atoms with Crippen LogP contribution in [0.4, 0.5) is 0 Å². The Morgan fingerprint density at radius 1 is 1.05 bits per heavy atom. The summed E-state index contributed by atoms with van der Waals surface area (Å²) in [7, 11) is 0. The summed E-state index contributed by atoms with van der Waals surface area (Å²) >= 11 is 3.41. The van der Waals surface area contributed by atoms with Crippen LogP contribution in [0.5, 0.6) is 5.75 Å². The minimum absolute atomic E-state index is 0.798. The Bertz CT molecular complexity index is 454. The van der Waals surface area contributed by atoms with Gasteiger partial charge in [-0.2, -0.15) is 0 Å². The fourth-order valence-electron chi connectivity index (χ4n) is 1.89. The molecule has 19 heavy (non-hydrogen) atoms. The summed E-state index contributed by atoms with van der Waals surface area (Å²) in [4.78, 5) is 4.03. The Morgan fingerprint density at radius 2 is 1.84 bits per heavy atom. The van der Waals surface area contributed by atoms with Crippen molar-refractivity contribution in [2.75, 3.05) is 6.61 Å². The molecule has 1 heterocycles. The van der Waals surface area contributed by atoms with Gasteiger partial charge in [-0.05, 0) is 37.1 Å². The highest BCUT2D eigenvalue weighted by molar-refractivity contribution is 9.10. The fourth-order valence-corrected chi connectivity index (χ4v) is 2.15. The molecule has 4 heteroatoms. The number of hydrogen-bond donors (Lipinski definition) is 0. The third-order valence-electron chi connectivity index (χ3n) is 2.95. The lowest BCUT2D eigenvalue weighted by molar-refractivity contribution is 0.304. The fraction of sp³-hybridized carbons (Fsp3) is 0.400. The topological polar surface area (TPSA) is 27.1 Å². The monoisotopic (exact) mass is 322 g/mol. The maximum absolute atomic E-state index is 5.68. The number of hydrogen-bond acceptors (Lipinski definition) is 2. The molecule has 102 valence electrons. The van der Waals surface area contributed by atoms with E-state index in [0.29, 0.717) is 0 Å². The molecule has 0 bridgehead atoms. The highest BCUT2D eigenvalue weighted by Gasteiger charge is 1.95. The van der Waals surface area contributed by atoms with Crippen LogP contribution in [0.15, 0.2) is 47.5 Å². The normalized spacial score (nSPS) is 10.6. The van der Waals surface area contributed by atoms with Crippen molar-refractivity contribution in [1.82, 2.24) is 9.55 Å². The van der Waals surface area contributed by atoms with Gasteiger partial charge in [0.05, 0.1) is 12.9 Å². The van der Waals surface area contributed by atoms with Crippen molar-refractivity contribution in [3.63, 3.8) is 0 Å². The lowest BCUT2D eigenvalue weighted by Crippen LogP contribution is -1.98. The number of aryl methyl sites for hydroxylation is 1. The van der Waals surface area contributed by atoms with E-state index in [1.165, 1.54) is 19.3 Å². The van der Waals surface area contributed by atoms with E-state index in [1.54, 1.807) is 0 Å². The number of nitrogens with zero attached hydrogens (tertiary/aromatic N) is 2. The van der Waals surface area contributed by atoms with Gasteiger partial charge in [0.25, 0.3) is 0 Å². The first-order valence-corrected chi connectivity index (χ1v) is 7.48. The molecule has 2 rings (SSSR count). The second-order valence-electron chi connectivity index (χ2n) is 4.52. The van der Waals surface area contributed by atoms with Crippen LogP contribution in [0.1, 0.15) is 25.7 Å². The summed E-state index contributed by atoms with van der Waals surface area (Å²) in [5.74, 6) is 0.946. The molecular weight excluding hydrogens is 304 g/mol. The van der Waals surface area contributed by atoms with Crippen LogP contribution in [0, 0.1) is 0 Å². The summed E-state index contributed by atoms with van der Waals surface area (Å²) < 4.78 is 8.88. The Balaban J connectivity index is 1.49. The molecule has 0 saturated heterocycles. The van der Waals surface area contributed by atoms with Gasteiger partial charge >= 0.3 is 0 Å². The first kappa shape index (κ1) is 14.1. The van der Waals surface area contributed by atoms with Gasteiger partial charge in [0, 0.05) is 23.4 Å². The standard InChI is InChI=1S/C15H19BrN2O/c16-14-5-7-15(8-6-14)19-12-4-2-1-3-10-18-11-9-17-13-18/h5-9,11,13H,1-4,10,12H2. The van der Waals surface area contributed by atoms with Crippen LogP contribution in [-0.2, 0) is 6.54 Å². The number of imidazole rings is 1. The third kappa shape index (κ3) is 5.47. The molecular formula is C15H19BrN2O. The summed E-state index contributed by atoms with van der Waals surface area (Å²) in [5.41, 5.74) is 0. The van der Waals surface area contributed by atoms with Crippen molar-refractivity contribution in [2.45, 2.75) is 32.2 Å². The van der Waals surface area contributed by atoms with Crippen LogP contribution < -0.4 is 4.74 Å². The lowest BCUT2D eigenvalue weighted by Gasteiger charge is -2.06. The maximum Gasteiger partial charge on any atom is 0.119 e. The zero-order valence-electron chi connectivity index (χ0n) is 11.0. The maximum atomic E-state index is 5.68. The molecule has 0 spiro atoms. The molecule has 1 aromatic carbocycles. The minimum atomic E-state index is 0.798. The van der Waals surface area contributed by atoms with Crippen LogP contribution in [-0.4, -0.2) is 16.2 Å². The van der Waals surface area contributed by atoms with E-state index in [0.717, 1.165) is 29.8 Å². The molecule has 0 atom stereocenters. The highest BCUT2D eigenvalue weighted by atomic mass is 79.9. The Labute approximate surface area is 122 Å². The molecule has 0 aliphatic carbocycles. The van der Waals surface area contributed by atoms with Crippen molar-refractivity contribution in [2.24, 2.45) is 0 Å². The van der Waals surface area contributed by atoms with Gasteiger partial charge in [-0.1, -0.05) is 28.8 Å².